The minimum atomic E-state index is -3.81. The Morgan fingerprint density at radius 3 is 1.57 bits per heavy atom. The second-order valence-corrected chi connectivity index (χ2v) is 11.1. The highest BCUT2D eigenvalue weighted by molar-refractivity contribution is 7.86. The molecule has 2 fully saturated rings. The fraction of sp³-hybridized carbons (Fsp3) is 0.600. The molecule has 2 heterocycles. The van der Waals surface area contributed by atoms with E-state index in [0.717, 1.165) is 12.5 Å². The molecule has 8 nitrogen and oxygen atoms in total. The highest BCUT2D eigenvalue weighted by Crippen LogP contribution is 2.25. The van der Waals surface area contributed by atoms with Gasteiger partial charge in [-0.2, -0.15) is 16.8 Å². The van der Waals surface area contributed by atoms with Crippen LogP contribution < -0.4 is 5.73 Å². The molecule has 0 aromatic rings. The summed E-state index contributed by atoms with van der Waals surface area (Å²) in [6.07, 6.45) is 17.4. The van der Waals surface area contributed by atoms with E-state index >= 15 is 0 Å². The lowest BCUT2D eigenvalue weighted by Crippen LogP contribution is -2.34. The van der Waals surface area contributed by atoms with Crippen molar-refractivity contribution in [3.8, 4) is 0 Å². The summed E-state index contributed by atoms with van der Waals surface area (Å²) in [5.74, 6) is 0.377. The summed E-state index contributed by atoms with van der Waals surface area (Å²) in [4.78, 5) is 2.45. The van der Waals surface area contributed by atoms with Gasteiger partial charge < -0.3 is 10.6 Å². The first-order chi connectivity index (χ1) is 14.0. The molecule has 30 heavy (non-hydrogen) atoms. The van der Waals surface area contributed by atoms with Crippen molar-refractivity contribution in [2.75, 3.05) is 31.1 Å². The van der Waals surface area contributed by atoms with E-state index in [1.807, 2.05) is 24.3 Å². The molecule has 0 spiro atoms. The van der Waals surface area contributed by atoms with Crippen molar-refractivity contribution in [2.24, 2.45) is 23.5 Å². The molecule has 2 bridgehead atoms. The van der Waals surface area contributed by atoms with Gasteiger partial charge in [0, 0.05) is 19.1 Å². The van der Waals surface area contributed by atoms with E-state index in [1.54, 1.807) is 24.3 Å². The fourth-order valence-electron chi connectivity index (χ4n) is 3.88. The molecule has 3 unspecified atom stereocenters. The standard InChI is InChI=1S/2C7H10O3S.C6H12N2/c2*8-11(9,10)6-7-4-2-1-3-5-7;7-6-4-8-2-1-5(6)3-8/h2*1-4,7H,5-6H2,(H,8,9,10);5-6H,1-4,7H2/t2*7-;/m00./s1. The largest absolute Gasteiger partial charge is 0.326 e. The Morgan fingerprint density at radius 2 is 1.33 bits per heavy atom. The van der Waals surface area contributed by atoms with Gasteiger partial charge in [-0.1, -0.05) is 48.6 Å². The van der Waals surface area contributed by atoms with E-state index in [1.165, 1.54) is 19.5 Å². The topological polar surface area (TPSA) is 138 Å². The van der Waals surface area contributed by atoms with Gasteiger partial charge >= 0.3 is 0 Å². The molecule has 0 aromatic heterocycles. The number of hydrogen-bond acceptors (Lipinski definition) is 6. The van der Waals surface area contributed by atoms with E-state index in [4.69, 9.17) is 14.8 Å². The van der Waals surface area contributed by atoms with Crippen molar-refractivity contribution >= 4 is 20.2 Å². The Morgan fingerprint density at radius 1 is 0.833 bits per heavy atom. The lowest BCUT2D eigenvalue weighted by Gasteiger charge is -2.16. The average molecular weight is 461 g/mol. The predicted molar refractivity (Wildman–Crippen MR) is 118 cm³/mol. The monoisotopic (exact) mass is 460 g/mol. The molecule has 2 saturated heterocycles. The van der Waals surface area contributed by atoms with Crippen LogP contribution in [0.1, 0.15) is 19.3 Å². The van der Waals surface area contributed by atoms with Gasteiger partial charge in [0.1, 0.15) is 0 Å². The van der Waals surface area contributed by atoms with Crippen LogP contribution in [0.4, 0.5) is 0 Å². The Labute approximate surface area is 179 Å². The third-order valence-electron chi connectivity index (χ3n) is 5.37. The van der Waals surface area contributed by atoms with Crippen molar-refractivity contribution < 1.29 is 25.9 Å². The van der Waals surface area contributed by atoms with Gasteiger partial charge in [0.2, 0.25) is 0 Å². The van der Waals surface area contributed by atoms with Crippen molar-refractivity contribution in [1.82, 2.24) is 4.90 Å². The maximum Gasteiger partial charge on any atom is 0.265 e. The van der Waals surface area contributed by atoms with Gasteiger partial charge in [-0.15, -0.1) is 0 Å². The minimum absolute atomic E-state index is 0.0602. The third kappa shape index (κ3) is 10.1. The summed E-state index contributed by atoms with van der Waals surface area (Å²) >= 11 is 0. The number of piperidine rings is 1. The van der Waals surface area contributed by atoms with Crippen LogP contribution in [0.5, 0.6) is 0 Å². The normalized spacial score (nSPS) is 31.6. The SMILES string of the molecule is NC1CN2CCC1C2.O=S(=O)(O)C[C@H]1C=CC=CC1.O=S(=O)(O)C[C@H]1C=CC=CC1. The zero-order valence-corrected chi connectivity index (χ0v) is 18.6. The number of fused-ring (bicyclic) bond motifs is 2. The van der Waals surface area contributed by atoms with Crippen LogP contribution in [0.25, 0.3) is 0 Å². The van der Waals surface area contributed by atoms with E-state index < -0.39 is 20.2 Å². The van der Waals surface area contributed by atoms with Crippen molar-refractivity contribution in [3.05, 3.63) is 48.6 Å². The first-order valence-corrected chi connectivity index (χ1v) is 13.3. The fourth-order valence-corrected chi connectivity index (χ4v) is 5.45. The van der Waals surface area contributed by atoms with Gasteiger partial charge in [0.05, 0.1) is 11.5 Å². The van der Waals surface area contributed by atoms with Crippen molar-refractivity contribution in [2.45, 2.75) is 25.3 Å². The van der Waals surface area contributed by atoms with Gasteiger partial charge in [0.15, 0.2) is 0 Å². The van der Waals surface area contributed by atoms with Gasteiger partial charge in [0.25, 0.3) is 20.2 Å². The number of nitrogens with two attached hydrogens (primary N) is 1. The molecular weight excluding hydrogens is 428 g/mol. The van der Waals surface area contributed by atoms with Crippen molar-refractivity contribution in [3.63, 3.8) is 0 Å². The van der Waals surface area contributed by atoms with E-state index in [9.17, 15) is 16.8 Å². The van der Waals surface area contributed by atoms with Crippen LogP contribution in [0.3, 0.4) is 0 Å². The van der Waals surface area contributed by atoms with Gasteiger partial charge in [-0.3, -0.25) is 9.11 Å². The summed E-state index contributed by atoms with van der Waals surface area (Å²) in [5, 5.41) is 0. The summed E-state index contributed by atoms with van der Waals surface area (Å²) < 4.78 is 58.6. The zero-order valence-electron chi connectivity index (χ0n) is 17.0. The average Bonchev–Trinajstić information content (AvgIpc) is 3.24. The lowest BCUT2D eigenvalue weighted by atomic mass is 10.0. The first kappa shape index (κ1) is 25.0. The predicted octanol–water partition coefficient (Wildman–Crippen LogP) is 1.66. The van der Waals surface area contributed by atoms with Gasteiger partial charge in [-0.25, -0.2) is 0 Å². The molecule has 2 aliphatic carbocycles. The van der Waals surface area contributed by atoms with Crippen LogP contribution in [-0.2, 0) is 20.2 Å². The van der Waals surface area contributed by atoms with E-state index in [0.29, 0.717) is 18.9 Å². The summed E-state index contributed by atoms with van der Waals surface area (Å²) in [7, 11) is -7.62. The van der Waals surface area contributed by atoms with Crippen LogP contribution >= 0.6 is 0 Å². The second kappa shape index (κ2) is 11.4. The molecule has 0 amide bonds. The Bertz CT molecular complexity index is 815. The van der Waals surface area contributed by atoms with Crippen LogP contribution in [0, 0.1) is 17.8 Å². The molecule has 4 N–H and O–H groups in total. The highest BCUT2D eigenvalue weighted by atomic mass is 32.2. The molecule has 170 valence electrons. The lowest BCUT2D eigenvalue weighted by molar-refractivity contribution is 0.346. The number of nitrogens with zero attached hydrogens (tertiary/aromatic N) is 1. The molecule has 4 aliphatic rings. The summed E-state index contributed by atoms with van der Waals surface area (Å²) in [6.45, 7) is 3.74. The van der Waals surface area contributed by atoms with E-state index in [2.05, 4.69) is 4.90 Å². The molecule has 2 aliphatic heterocycles. The smallest absolute Gasteiger partial charge is 0.265 e. The molecule has 5 atom stereocenters. The van der Waals surface area contributed by atoms with Crippen LogP contribution in [-0.4, -0.2) is 68.0 Å². The third-order valence-corrected chi connectivity index (χ3v) is 7.07. The summed E-state index contributed by atoms with van der Waals surface area (Å²) in [6, 6.07) is 0.503. The molecule has 0 saturated carbocycles. The quantitative estimate of drug-likeness (QED) is 0.539. The van der Waals surface area contributed by atoms with Crippen LogP contribution in [0.2, 0.25) is 0 Å². The van der Waals surface area contributed by atoms with Gasteiger partial charge in [-0.05, 0) is 43.6 Å². The number of allylic oxidation sites excluding steroid dienone is 8. The minimum Gasteiger partial charge on any atom is -0.326 e. The Hall–Kier alpha value is -1.30. The van der Waals surface area contributed by atoms with E-state index in [-0.39, 0.29) is 23.3 Å². The molecular formula is C20H32N2O6S2. The maximum absolute atomic E-state index is 10.4. The second-order valence-electron chi connectivity index (χ2n) is 8.09. The molecule has 0 radical (unpaired) electrons. The van der Waals surface area contributed by atoms with Crippen LogP contribution in [0.15, 0.2) is 48.6 Å². The number of rotatable bonds is 4. The molecule has 4 rings (SSSR count). The molecule has 0 aromatic carbocycles. The molecule has 10 heteroatoms. The maximum atomic E-state index is 10.4. The highest BCUT2D eigenvalue weighted by Gasteiger charge is 2.35. The first-order valence-electron chi connectivity index (χ1n) is 10.1. The summed E-state index contributed by atoms with van der Waals surface area (Å²) in [5.41, 5.74) is 5.78. The van der Waals surface area contributed by atoms with Crippen molar-refractivity contribution in [1.29, 1.82) is 0 Å². The Balaban J connectivity index is 0.000000162. The zero-order chi connectivity index (χ0) is 22.2. The number of hydrogen-bond donors (Lipinski definition) is 3. The Kier molecular flexibility index (Phi) is 9.45.